The number of amides is 1. The van der Waals surface area contributed by atoms with Gasteiger partial charge in [0.2, 0.25) is 10.0 Å². The van der Waals surface area contributed by atoms with E-state index in [1.165, 1.54) is 6.20 Å². The van der Waals surface area contributed by atoms with Crippen LogP contribution in [0.5, 0.6) is 0 Å². The molecule has 4 rings (SSSR count). The van der Waals surface area contributed by atoms with Gasteiger partial charge in [0, 0.05) is 25.0 Å². The Morgan fingerprint density at radius 1 is 1.32 bits per heavy atom. The minimum Gasteiger partial charge on any atom is -0.371 e. The third-order valence-electron chi connectivity index (χ3n) is 5.47. The Balaban J connectivity index is 1.64. The van der Waals surface area contributed by atoms with Crippen molar-refractivity contribution < 1.29 is 13.2 Å². The number of nitrogens with one attached hydrogen (secondary N) is 1. The van der Waals surface area contributed by atoms with Crippen LogP contribution in [-0.4, -0.2) is 41.8 Å². The third kappa shape index (κ3) is 2.68. The van der Waals surface area contributed by atoms with Crippen LogP contribution >= 0.6 is 0 Å². The van der Waals surface area contributed by atoms with Crippen LogP contribution < -0.4 is 9.62 Å². The number of rotatable bonds is 5. The highest BCUT2D eigenvalue weighted by Crippen LogP contribution is 2.45. The van der Waals surface area contributed by atoms with Crippen LogP contribution in [0.1, 0.15) is 49.4 Å². The van der Waals surface area contributed by atoms with Gasteiger partial charge in [-0.3, -0.25) is 4.79 Å². The van der Waals surface area contributed by atoms with E-state index in [-0.39, 0.29) is 5.56 Å². The molecule has 1 N–H and O–H groups in total. The zero-order valence-electron chi connectivity index (χ0n) is 14.2. The van der Waals surface area contributed by atoms with Gasteiger partial charge in [0.1, 0.15) is 0 Å². The van der Waals surface area contributed by atoms with Crippen molar-refractivity contribution in [3.63, 3.8) is 0 Å². The van der Waals surface area contributed by atoms with Gasteiger partial charge in [-0.15, -0.1) is 0 Å². The molecule has 1 amide bonds. The maximum absolute atomic E-state index is 12.6. The number of nitrogens with zero attached hydrogens (tertiary/aromatic N) is 3. The topological polar surface area (TPSA) is 83.8 Å². The fourth-order valence-electron chi connectivity index (χ4n) is 3.55. The molecule has 2 aromatic rings. The number of carbonyl (C=O) groups excluding carboxylic acids is 1. The molecule has 2 aromatic heterocycles. The average Bonchev–Trinajstić information content (AvgIpc) is 3.04. The van der Waals surface area contributed by atoms with Crippen LogP contribution in [-0.2, 0) is 10.0 Å². The SMILES string of the molecule is CCC1(S(=O)(=O)NC(=O)c2cnn3ccc(N4CCCC4)cc23)CC1. The molecule has 2 fully saturated rings. The Bertz CT molecular complexity index is 925. The summed E-state index contributed by atoms with van der Waals surface area (Å²) in [6.07, 6.45) is 7.30. The molecule has 134 valence electrons. The van der Waals surface area contributed by atoms with E-state index in [1.54, 1.807) is 4.52 Å². The Morgan fingerprint density at radius 2 is 2.04 bits per heavy atom. The van der Waals surface area contributed by atoms with E-state index in [1.807, 2.05) is 25.3 Å². The summed E-state index contributed by atoms with van der Waals surface area (Å²) < 4.78 is 28.1. The lowest BCUT2D eigenvalue weighted by Gasteiger charge is -2.18. The summed E-state index contributed by atoms with van der Waals surface area (Å²) in [4.78, 5) is 14.9. The summed E-state index contributed by atoms with van der Waals surface area (Å²) >= 11 is 0. The lowest BCUT2D eigenvalue weighted by atomic mass is 10.2. The quantitative estimate of drug-likeness (QED) is 0.879. The van der Waals surface area contributed by atoms with Gasteiger partial charge in [-0.05, 0) is 44.2 Å². The van der Waals surface area contributed by atoms with Crippen molar-refractivity contribution in [3.8, 4) is 0 Å². The van der Waals surface area contributed by atoms with Crippen LogP contribution in [0.2, 0.25) is 0 Å². The molecule has 8 heteroatoms. The highest BCUT2D eigenvalue weighted by molar-refractivity contribution is 7.91. The summed E-state index contributed by atoms with van der Waals surface area (Å²) in [6.45, 7) is 3.84. The van der Waals surface area contributed by atoms with E-state index in [0.717, 1.165) is 31.6 Å². The Labute approximate surface area is 147 Å². The zero-order valence-corrected chi connectivity index (χ0v) is 15.1. The highest BCUT2D eigenvalue weighted by Gasteiger charge is 2.53. The smallest absolute Gasteiger partial charge is 0.268 e. The molecule has 2 aliphatic rings. The molecular formula is C17H22N4O3S. The molecule has 7 nitrogen and oxygen atoms in total. The summed E-state index contributed by atoms with van der Waals surface area (Å²) in [6, 6.07) is 3.88. The second-order valence-corrected chi connectivity index (χ2v) is 9.02. The largest absolute Gasteiger partial charge is 0.371 e. The van der Waals surface area contributed by atoms with Crippen LogP contribution in [0.4, 0.5) is 5.69 Å². The van der Waals surface area contributed by atoms with E-state index in [4.69, 9.17) is 0 Å². The maximum Gasteiger partial charge on any atom is 0.268 e. The fourth-order valence-corrected chi connectivity index (χ4v) is 5.14. The molecule has 0 spiro atoms. The molecule has 1 saturated heterocycles. The van der Waals surface area contributed by atoms with Crippen molar-refractivity contribution in [1.82, 2.24) is 14.3 Å². The highest BCUT2D eigenvalue weighted by atomic mass is 32.2. The Morgan fingerprint density at radius 3 is 2.68 bits per heavy atom. The first-order valence-corrected chi connectivity index (χ1v) is 10.2. The van der Waals surface area contributed by atoms with E-state index < -0.39 is 20.7 Å². The molecular weight excluding hydrogens is 340 g/mol. The molecule has 25 heavy (non-hydrogen) atoms. The standard InChI is InChI=1S/C17H22N4O3S/c1-2-17(6-7-17)25(23,24)19-16(22)14-12-18-21-10-5-13(11-15(14)21)20-8-3-4-9-20/h5,10-12H,2-4,6-9H2,1H3,(H,19,22). The monoisotopic (exact) mass is 362 g/mol. The molecule has 0 bridgehead atoms. The van der Waals surface area contributed by atoms with Gasteiger partial charge in [-0.2, -0.15) is 5.10 Å². The molecule has 0 atom stereocenters. The minimum absolute atomic E-state index is 0.288. The summed E-state index contributed by atoms with van der Waals surface area (Å²) in [5.74, 6) is -0.603. The number of fused-ring (bicyclic) bond motifs is 1. The van der Waals surface area contributed by atoms with Crippen LogP contribution in [0.15, 0.2) is 24.5 Å². The van der Waals surface area contributed by atoms with E-state index in [2.05, 4.69) is 14.7 Å². The zero-order chi connectivity index (χ0) is 17.7. The van der Waals surface area contributed by atoms with Crippen molar-refractivity contribution >= 4 is 27.1 Å². The first-order valence-electron chi connectivity index (χ1n) is 8.75. The Hall–Kier alpha value is -2.09. The second-order valence-electron chi connectivity index (χ2n) is 6.94. The van der Waals surface area contributed by atoms with Crippen molar-refractivity contribution in [3.05, 3.63) is 30.1 Å². The van der Waals surface area contributed by atoms with Crippen molar-refractivity contribution in [2.75, 3.05) is 18.0 Å². The summed E-state index contributed by atoms with van der Waals surface area (Å²) in [5.41, 5.74) is 1.95. The lowest BCUT2D eigenvalue weighted by Crippen LogP contribution is -2.39. The third-order valence-corrected chi connectivity index (χ3v) is 7.76. The van der Waals surface area contributed by atoms with E-state index >= 15 is 0 Å². The molecule has 1 aliphatic carbocycles. The lowest BCUT2D eigenvalue weighted by molar-refractivity contribution is 0.0982. The molecule has 0 radical (unpaired) electrons. The van der Waals surface area contributed by atoms with Gasteiger partial charge < -0.3 is 4.90 Å². The molecule has 0 unspecified atom stereocenters. The molecule has 1 saturated carbocycles. The number of hydrogen-bond donors (Lipinski definition) is 1. The van der Waals surface area contributed by atoms with Crippen LogP contribution in [0.25, 0.3) is 5.52 Å². The molecule has 3 heterocycles. The minimum atomic E-state index is -3.67. The van der Waals surface area contributed by atoms with Crippen LogP contribution in [0, 0.1) is 0 Å². The number of aromatic nitrogens is 2. The van der Waals surface area contributed by atoms with Crippen molar-refractivity contribution in [2.24, 2.45) is 0 Å². The number of sulfonamides is 1. The normalized spacial score (nSPS) is 19.3. The summed E-state index contributed by atoms with van der Waals surface area (Å²) in [5, 5.41) is 4.18. The van der Waals surface area contributed by atoms with Gasteiger partial charge in [0.15, 0.2) is 0 Å². The predicted molar refractivity (Wildman–Crippen MR) is 95.3 cm³/mol. The van der Waals surface area contributed by atoms with Gasteiger partial charge in [0.25, 0.3) is 5.91 Å². The fraction of sp³-hybridized carbons (Fsp3) is 0.529. The molecule has 1 aliphatic heterocycles. The van der Waals surface area contributed by atoms with Gasteiger partial charge in [-0.1, -0.05) is 6.92 Å². The number of hydrogen-bond acceptors (Lipinski definition) is 5. The van der Waals surface area contributed by atoms with Crippen molar-refractivity contribution in [1.29, 1.82) is 0 Å². The summed E-state index contributed by atoms with van der Waals surface area (Å²) in [7, 11) is -3.67. The second kappa shape index (κ2) is 5.72. The molecule has 0 aromatic carbocycles. The van der Waals surface area contributed by atoms with Gasteiger partial charge in [0.05, 0.1) is 22.0 Å². The number of anilines is 1. The average molecular weight is 362 g/mol. The van der Waals surface area contributed by atoms with Crippen LogP contribution in [0.3, 0.4) is 0 Å². The number of carbonyl (C=O) groups is 1. The Kier molecular flexibility index (Phi) is 3.75. The van der Waals surface area contributed by atoms with Gasteiger partial charge >= 0.3 is 0 Å². The van der Waals surface area contributed by atoms with E-state index in [9.17, 15) is 13.2 Å². The number of pyridine rings is 1. The maximum atomic E-state index is 12.6. The van der Waals surface area contributed by atoms with E-state index in [0.29, 0.717) is 24.8 Å². The first-order chi connectivity index (χ1) is 12.0. The van der Waals surface area contributed by atoms with Gasteiger partial charge in [-0.25, -0.2) is 17.7 Å². The first kappa shape index (κ1) is 16.4. The van der Waals surface area contributed by atoms with Crippen molar-refractivity contribution in [2.45, 2.75) is 43.8 Å². The predicted octanol–water partition coefficient (Wildman–Crippen LogP) is 1.94.